The van der Waals surface area contributed by atoms with Crippen LogP contribution in [0.1, 0.15) is 18.9 Å². The van der Waals surface area contributed by atoms with Gasteiger partial charge >= 0.3 is 0 Å². The molecule has 2 rings (SSSR count). The SMILES string of the molecule is CC[C@@H](C(=O)NC)N(Cc1c(Cl)cccc1Cl)C(=O)COc1ccc(Cl)cc1Cl. The summed E-state index contributed by atoms with van der Waals surface area (Å²) in [7, 11) is 1.51. The van der Waals surface area contributed by atoms with Gasteiger partial charge in [-0.05, 0) is 36.8 Å². The first-order valence-electron chi connectivity index (χ1n) is 8.80. The lowest BCUT2D eigenvalue weighted by Gasteiger charge is -2.30. The van der Waals surface area contributed by atoms with Crippen LogP contribution in [0.5, 0.6) is 5.75 Å². The number of halogens is 4. The molecule has 0 radical (unpaired) electrons. The quantitative estimate of drug-likeness (QED) is 0.566. The van der Waals surface area contributed by atoms with Crippen molar-refractivity contribution < 1.29 is 14.3 Å². The number of amides is 2. The second kappa shape index (κ2) is 10.9. The van der Waals surface area contributed by atoms with Crippen LogP contribution in [0.25, 0.3) is 0 Å². The minimum Gasteiger partial charge on any atom is -0.482 e. The van der Waals surface area contributed by atoms with Gasteiger partial charge in [0.1, 0.15) is 11.8 Å². The standard InChI is InChI=1S/C20H20Cl4N2O3/c1-3-17(20(28)25-2)26(10-13-14(22)5-4-6-15(13)23)19(27)11-29-18-8-7-12(21)9-16(18)24/h4-9,17H,3,10-11H2,1-2H3,(H,25,28)/t17-/m0/s1. The maximum Gasteiger partial charge on any atom is 0.261 e. The highest BCUT2D eigenvalue weighted by atomic mass is 35.5. The lowest BCUT2D eigenvalue weighted by molar-refractivity contribution is -0.142. The molecular formula is C20H20Cl4N2O3. The topological polar surface area (TPSA) is 58.6 Å². The first-order chi connectivity index (χ1) is 13.8. The minimum atomic E-state index is -0.718. The van der Waals surface area contributed by atoms with Gasteiger partial charge in [0.25, 0.3) is 5.91 Å². The monoisotopic (exact) mass is 476 g/mol. The smallest absolute Gasteiger partial charge is 0.261 e. The Hall–Kier alpha value is -1.66. The maximum atomic E-state index is 13.0. The summed E-state index contributed by atoms with van der Waals surface area (Å²) in [5.41, 5.74) is 0.552. The van der Waals surface area contributed by atoms with E-state index < -0.39 is 11.9 Å². The van der Waals surface area contributed by atoms with E-state index in [2.05, 4.69) is 5.32 Å². The van der Waals surface area contributed by atoms with Gasteiger partial charge in [-0.25, -0.2) is 0 Å². The van der Waals surface area contributed by atoms with E-state index in [9.17, 15) is 9.59 Å². The number of hydrogen-bond acceptors (Lipinski definition) is 3. The van der Waals surface area contributed by atoms with Crippen molar-refractivity contribution in [1.82, 2.24) is 10.2 Å². The van der Waals surface area contributed by atoms with Gasteiger partial charge in [-0.1, -0.05) is 59.4 Å². The zero-order valence-electron chi connectivity index (χ0n) is 15.8. The summed E-state index contributed by atoms with van der Waals surface area (Å²) in [4.78, 5) is 26.8. The van der Waals surface area contributed by atoms with Gasteiger partial charge < -0.3 is 15.0 Å². The molecule has 2 aromatic carbocycles. The van der Waals surface area contributed by atoms with E-state index in [0.29, 0.717) is 32.8 Å². The van der Waals surface area contributed by atoms with Crippen LogP contribution in [0.2, 0.25) is 20.1 Å². The summed E-state index contributed by atoms with van der Waals surface area (Å²) >= 11 is 24.5. The molecule has 5 nitrogen and oxygen atoms in total. The van der Waals surface area contributed by atoms with Crippen LogP contribution in [0.15, 0.2) is 36.4 Å². The van der Waals surface area contributed by atoms with Crippen molar-refractivity contribution in [3.63, 3.8) is 0 Å². The molecule has 0 aliphatic rings. The molecule has 156 valence electrons. The zero-order chi connectivity index (χ0) is 21.6. The minimum absolute atomic E-state index is 0.0565. The van der Waals surface area contributed by atoms with E-state index in [0.717, 1.165) is 0 Å². The van der Waals surface area contributed by atoms with Gasteiger partial charge in [-0.2, -0.15) is 0 Å². The highest BCUT2D eigenvalue weighted by molar-refractivity contribution is 6.36. The van der Waals surface area contributed by atoms with E-state index in [-0.39, 0.29) is 24.1 Å². The predicted molar refractivity (Wildman–Crippen MR) is 117 cm³/mol. The van der Waals surface area contributed by atoms with Crippen molar-refractivity contribution in [2.45, 2.75) is 25.9 Å². The van der Waals surface area contributed by atoms with Gasteiger partial charge in [0.05, 0.1) is 5.02 Å². The van der Waals surface area contributed by atoms with Crippen LogP contribution in [0.3, 0.4) is 0 Å². The molecule has 29 heavy (non-hydrogen) atoms. The molecule has 0 spiro atoms. The van der Waals surface area contributed by atoms with Crippen LogP contribution in [-0.4, -0.2) is 36.4 Å². The lowest BCUT2D eigenvalue weighted by atomic mass is 10.1. The number of benzene rings is 2. The van der Waals surface area contributed by atoms with Crippen LogP contribution in [-0.2, 0) is 16.1 Å². The number of carbonyl (C=O) groups excluding carboxylic acids is 2. The Morgan fingerprint density at radius 3 is 2.28 bits per heavy atom. The van der Waals surface area contributed by atoms with E-state index in [4.69, 9.17) is 51.1 Å². The molecule has 0 fully saturated rings. The third-order valence-electron chi connectivity index (χ3n) is 4.27. The largest absolute Gasteiger partial charge is 0.482 e. The summed E-state index contributed by atoms with van der Waals surface area (Å²) in [6.45, 7) is 1.54. The average molecular weight is 478 g/mol. The van der Waals surface area contributed by atoms with Crippen molar-refractivity contribution in [3.05, 3.63) is 62.1 Å². The number of carbonyl (C=O) groups is 2. The summed E-state index contributed by atoms with van der Waals surface area (Å²) in [5.74, 6) is -0.399. The lowest BCUT2D eigenvalue weighted by Crippen LogP contribution is -2.49. The molecule has 0 heterocycles. The third-order valence-corrected chi connectivity index (χ3v) is 5.51. The molecule has 0 saturated heterocycles. The van der Waals surface area contributed by atoms with Gasteiger partial charge in [0, 0.05) is 34.2 Å². The number of nitrogens with one attached hydrogen (secondary N) is 1. The molecule has 0 saturated carbocycles. The Morgan fingerprint density at radius 1 is 1.07 bits per heavy atom. The Kier molecular flexibility index (Phi) is 8.90. The molecule has 0 aliphatic carbocycles. The second-order valence-electron chi connectivity index (χ2n) is 6.12. The van der Waals surface area contributed by atoms with Gasteiger partial charge in [0.15, 0.2) is 6.61 Å². The second-order valence-corrected chi connectivity index (χ2v) is 7.78. The Bertz CT molecular complexity index is 872. The first-order valence-corrected chi connectivity index (χ1v) is 10.3. The summed E-state index contributed by atoms with van der Waals surface area (Å²) in [6.07, 6.45) is 0.398. The number of ether oxygens (including phenoxy) is 1. The van der Waals surface area contributed by atoms with E-state index in [1.165, 1.54) is 18.0 Å². The fourth-order valence-electron chi connectivity index (χ4n) is 2.75. The van der Waals surface area contributed by atoms with Crippen molar-refractivity contribution >= 4 is 58.2 Å². The zero-order valence-corrected chi connectivity index (χ0v) is 18.9. The van der Waals surface area contributed by atoms with Crippen LogP contribution in [0, 0.1) is 0 Å². The normalized spacial score (nSPS) is 11.7. The van der Waals surface area contributed by atoms with E-state index >= 15 is 0 Å². The highest BCUT2D eigenvalue weighted by Gasteiger charge is 2.29. The molecule has 0 bridgehead atoms. The number of likely N-dealkylation sites (N-methyl/N-ethyl adjacent to an activating group) is 1. The van der Waals surface area contributed by atoms with Crippen molar-refractivity contribution in [2.24, 2.45) is 0 Å². The van der Waals surface area contributed by atoms with Crippen molar-refractivity contribution in [1.29, 1.82) is 0 Å². The summed E-state index contributed by atoms with van der Waals surface area (Å²) in [6, 6.07) is 9.04. The van der Waals surface area contributed by atoms with Gasteiger partial charge in [-0.3, -0.25) is 9.59 Å². The average Bonchev–Trinajstić information content (AvgIpc) is 2.68. The molecule has 0 aromatic heterocycles. The number of nitrogens with zero attached hydrogens (tertiary/aromatic N) is 1. The first kappa shape index (κ1) is 23.6. The fourth-order valence-corrected chi connectivity index (χ4v) is 3.73. The molecule has 1 N–H and O–H groups in total. The number of hydrogen-bond donors (Lipinski definition) is 1. The van der Waals surface area contributed by atoms with Crippen molar-refractivity contribution in [3.8, 4) is 5.75 Å². The summed E-state index contributed by atoms with van der Waals surface area (Å²) in [5, 5.41) is 4.13. The van der Waals surface area contributed by atoms with Crippen LogP contribution in [0.4, 0.5) is 0 Å². The highest BCUT2D eigenvalue weighted by Crippen LogP contribution is 2.29. The molecule has 9 heteroatoms. The maximum absolute atomic E-state index is 13.0. The fraction of sp³-hybridized carbons (Fsp3) is 0.300. The Morgan fingerprint density at radius 2 is 1.72 bits per heavy atom. The Labute approximate surface area is 189 Å². The Balaban J connectivity index is 2.28. The molecule has 0 aliphatic heterocycles. The molecule has 2 aromatic rings. The molecule has 0 unspecified atom stereocenters. The number of rotatable bonds is 8. The molecular weight excluding hydrogens is 458 g/mol. The predicted octanol–water partition coefficient (Wildman–Crippen LogP) is 5.23. The summed E-state index contributed by atoms with van der Waals surface area (Å²) < 4.78 is 5.56. The van der Waals surface area contributed by atoms with Crippen LogP contribution >= 0.6 is 46.4 Å². The van der Waals surface area contributed by atoms with Crippen molar-refractivity contribution in [2.75, 3.05) is 13.7 Å². The molecule has 1 atom stereocenters. The van der Waals surface area contributed by atoms with Gasteiger partial charge in [-0.15, -0.1) is 0 Å². The van der Waals surface area contributed by atoms with Crippen LogP contribution < -0.4 is 10.1 Å². The third kappa shape index (κ3) is 6.16. The molecule has 2 amide bonds. The van der Waals surface area contributed by atoms with E-state index in [1.807, 2.05) is 6.92 Å². The van der Waals surface area contributed by atoms with E-state index in [1.54, 1.807) is 30.3 Å². The van der Waals surface area contributed by atoms with Gasteiger partial charge in [0.2, 0.25) is 5.91 Å².